The second-order valence-corrected chi connectivity index (χ2v) is 3.94. The van der Waals surface area contributed by atoms with Crippen molar-refractivity contribution >= 4 is 11.4 Å². The van der Waals surface area contributed by atoms with Gasteiger partial charge in [-0.2, -0.15) is 5.26 Å². The summed E-state index contributed by atoms with van der Waals surface area (Å²) in [6, 6.07) is 16.0. The molecule has 1 N–H and O–H groups in total. The number of anilines is 1. The lowest BCUT2D eigenvalue weighted by molar-refractivity contribution is -0.385. The quantitative estimate of drug-likeness (QED) is 0.670. The number of nitro benzene ring substituents is 1. The molecular formula is C14H11N3O2. The van der Waals surface area contributed by atoms with E-state index in [0.717, 1.165) is 5.56 Å². The molecule has 0 saturated carbocycles. The lowest BCUT2D eigenvalue weighted by atomic mass is 10.1. The first-order valence-corrected chi connectivity index (χ1v) is 5.67. The Hall–Kier alpha value is -2.87. The summed E-state index contributed by atoms with van der Waals surface area (Å²) in [5, 5.41) is 22.7. The fourth-order valence-corrected chi connectivity index (χ4v) is 1.69. The molecular weight excluding hydrogens is 242 g/mol. The Bertz CT molecular complexity index is 633. The molecule has 0 radical (unpaired) electrons. The van der Waals surface area contributed by atoms with E-state index in [1.165, 1.54) is 12.1 Å². The first-order chi connectivity index (χ1) is 9.20. The van der Waals surface area contributed by atoms with Gasteiger partial charge in [-0.25, -0.2) is 0 Å². The van der Waals surface area contributed by atoms with E-state index in [1.54, 1.807) is 6.07 Å². The van der Waals surface area contributed by atoms with Crippen molar-refractivity contribution in [3.63, 3.8) is 0 Å². The number of hydrogen-bond donors (Lipinski definition) is 1. The smallest absolute Gasteiger partial charge is 0.287 e. The summed E-state index contributed by atoms with van der Waals surface area (Å²) in [6.07, 6.45) is 0. The van der Waals surface area contributed by atoms with Crippen LogP contribution in [-0.2, 0) is 6.54 Å². The van der Waals surface area contributed by atoms with Gasteiger partial charge in [0.15, 0.2) is 0 Å². The minimum absolute atomic E-state index is 0.0584. The summed E-state index contributed by atoms with van der Waals surface area (Å²) in [7, 11) is 0. The highest BCUT2D eigenvalue weighted by Gasteiger charge is 2.13. The zero-order valence-corrected chi connectivity index (χ0v) is 10.0. The molecule has 94 valence electrons. The van der Waals surface area contributed by atoms with Gasteiger partial charge in [0.25, 0.3) is 5.69 Å². The van der Waals surface area contributed by atoms with Crippen LogP contribution in [0.25, 0.3) is 0 Å². The van der Waals surface area contributed by atoms with Crippen LogP contribution in [0.1, 0.15) is 11.1 Å². The summed E-state index contributed by atoms with van der Waals surface area (Å²) < 4.78 is 0. The predicted octanol–water partition coefficient (Wildman–Crippen LogP) is 3.08. The number of benzene rings is 2. The van der Waals surface area contributed by atoms with Crippen LogP contribution < -0.4 is 5.32 Å². The van der Waals surface area contributed by atoms with Crippen molar-refractivity contribution in [2.75, 3.05) is 5.32 Å². The van der Waals surface area contributed by atoms with Gasteiger partial charge in [-0.3, -0.25) is 10.1 Å². The molecule has 0 unspecified atom stereocenters. The van der Waals surface area contributed by atoms with Crippen LogP contribution in [0.3, 0.4) is 0 Å². The summed E-state index contributed by atoms with van der Waals surface area (Å²) in [6.45, 7) is 0.601. The van der Waals surface area contributed by atoms with E-state index in [0.29, 0.717) is 12.2 Å². The summed E-state index contributed by atoms with van der Waals surface area (Å²) in [5.74, 6) is 0. The molecule has 0 aromatic heterocycles. The van der Waals surface area contributed by atoms with Crippen molar-refractivity contribution < 1.29 is 4.92 Å². The average molecular weight is 253 g/mol. The number of nitriles is 1. The maximum absolute atomic E-state index is 10.7. The van der Waals surface area contributed by atoms with Crippen molar-refractivity contribution in [2.24, 2.45) is 0 Å². The number of hydrogen-bond acceptors (Lipinski definition) is 4. The molecule has 19 heavy (non-hydrogen) atoms. The maximum atomic E-state index is 10.7. The zero-order chi connectivity index (χ0) is 13.7. The molecule has 2 aromatic carbocycles. The molecule has 2 rings (SSSR count). The molecule has 0 aliphatic rings. The van der Waals surface area contributed by atoms with Crippen molar-refractivity contribution in [1.82, 2.24) is 0 Å². The highest BCUT2D eigenvalue weighted by Crippen LogP contribution is 2.22. The lowest BCUT2D eigenvalue weighted by Crippen LogP contribution is -2.00. The van der Waals surface area contributed by atoms with Crippen LogP contribution in [0, 0.1) is 21.4 Å². The topological polar surface area (TPSA) is 79.0 Å². The van der Waals surface area contributed by atoms with Gasteiger partial charge in [0.1, 0.15) is 11.6 Å². The molecule has 0 saturated heterocycles. The Morgan fingerprint density at radius 1 is 1.21 bits per heavy atom. The minimum Gasteiger partial charge on any atom is -0.381 e. The SMILES string of the molecule is N#Cc1cc(NCc2ccccc2)ccc1[N+](=O)[O-]. The van der Waals surface area contributed by atoms with Crippen LogP contribution in [0.15, 0.2) is 48.5 Å². The molecule has 0 heterocycles. The lowest BCUT2D eigenvalue weighted by Gasteiger charge is -2.06. The fraction of sp³-hybridized carbons (Fsp3) is 0.0714. The average Bonchev–Trinajstić information content (AvgIpc) is 2.45. The van der Waals surface area contributed by atoms with Gasteiger partial charge in [0.2, 0.25) is 0 Å². The van der Waals surface area contributed by atoms with Crippen LogP contribution in [-0.4, -0.2) is 4.92 Å². The van der Waals surface area contributed by atoms with Crippen molar-refractivity contribution in [1.29, 1.82) is 5.26 Å². The summed E-state index contributed by atoms with van der Waals surface area (Å²) in [4.78, 5) is 10.1. The monoisotopic (exact) mass is 253 g/mol. The largest absolute Gasteiger partial charge is 0.381 e. The van der Waals surface area contributed by atoms with Crippen LogP contribution in [0.5, 0.6) is 0 Å². The molecule has 0 spiro atoms. The number of nitro groups is 1. The van der Waals surface area contributed by atoms with E-state index in [1.807, 2.05) is 36.4 Å². The number of nitrogens with one attached hydrogen (secondary N) is 1. The van der Waals surface area contributed by atoms with E-state index >= 15 is 0 Å². The van der Waals surface area contributed by atoms with E-state index < -0.39 is 4.92 Å². The Balaban J connectivity index is 2.14. The minimum atomic E-state index is -0.556. The highest BCUT2D eigenvalue weighted by molar-refractivity contribution is 5.58. The third-order valence-electron chi connectivity index (χ3n) is 2.65. The van der Waals surface area contributed by atoms with Crippen molar-refractivity contribution in [3.8, 4) is 6.07 Å². The molecule has 0 bridgehead atoms. The van der Waals surface area contributed by atoms with E-state index in [9.17, 15) is 10.1 Å². The van der Waals surface area contributed by atoms with Gasteiger partial charge in [-0.15, -0.1) is 0 Å². The Morgan fingerprint density at radius 2 is 1.95 bits per heavy atom. The Labute approximate surface area is 110 Å². The van der Waals surface area contributed by atoms with E-state index in [-0.39, 0.29) is 11.3 Å². The molecule has 0 amide bonds. The van der Waals surface area contributed by atoms with Crippen LogP contribution >= 0.6 is 0 Å². The second-order valence-electron chi connectivity index (χ2n) is 3.94. The van der Waals surface area contributed by atoms with Gasteiger partial charge < -0.3 is 5.32 Å². The standard InChI is InChI=1S/C14H11N3O2/c15-9-12-8-13(6-7-14(12)17(18)19)16-10-11-4-2-1-3-5-11/h1-8,16H,10H2. The van der Waals surface area contributed by atoms with Gasteiger partial charge >= 0.3 is 0 Å². The molecule has 0 atom stereocenters. The molecule has 5 heteroatoms. The van der Waals surface area contributed by atoms with Crippen LogP contribution in [0.2, 0.25) is 0 Å². The molecule has 0 fully saturated rings. The normalized spacial score (nSPS) is 9.63. The Kier molecular flexibility index (Phi) is 3.74. The molecule has 5 nitrogen and oxygen atoms in total. The van der Waals surface area contributed by atoms with E-state index in [2.05, 4.69) is 5.32 Å². The molecule has 2 aromatic rings. The number of nitrogens with zero attached hydrogens (tertiary/aromatic N) is 2. The first kappa shape index (κ1) is 12.6. The van der Waals surface area contributed by atoms with E-state index in [4.69, 9.17) is 5.26 Å². The van der Waals surface area contributed by atoms with Gasteiger partial charge in [-0.05, 0) is 17.7 Å². The molecule has 0 aliphatic carbocycles. The summed E-state index contributed by atoms with van der Waals surface area (Å²) >= 11 is 0. The summed E-state index contributed by atoms with van der Waals surface area (Å²) in [5.41, 5.74) is 1.67. The molecule has 0 aliphatic heterocycles. The third-order valence-corrected chi connectivity index (χ3v) is 2.65. The maximum Gasteiger partial charge on any atom is 0.287 e. The highest BCUT2D eigenvalue weighted by atomic mass is 16.6. The fourth-order valence-electron chi connectivity index (χ4n) is 1.69. The van der Waals surface area contributed by atoms with Gasteiger partial charge in [0.05, 0.1) is 4.92 Å². The van der Waals surface area contributed by atoms with Gasteiger partial charge in [0, 0.05) is 18.3 Å². The third kappa shape index (κ3) is 3.07. The van der Waals surface area contributed by atoms with Crippen molar-refractivity contribution in [3.05, 3.63) is 69.8 Å². The Morgan fingerprint density at radius 3 is 2.58 bits per heavy atom. The first-order valence-electron chi connectivity index (χ1n) is 5.67. The predicted molar refractivity (Wildman–Crippen MR) is 71.6 cm³/mol. The van der Waals surface area contributed by atoms with Crippen molar-refractivity contribution in [2.45, 2.75) is 6.54 Å². The second kappa shape index (κ2) is 5.65. The number of rotatable bonds is 4. The van der Waals surface area contributed by atoms with Gasteiger partial charge in [-0.1, -0.05) is 30.3 Å². The van der Waals surface area contributed by atoms with Crippen LogP contribution in [0.4, 0.5) is 11.4 Å². The zero-order valence-electron chi connectivity index (χ0n) is 10.0.